The van der Waals surface area contributed by atoms with Crippen LogP contribution in [0.4, 0.5) is 0 Å². The summed E-state index contributed by atoms with van der Waals surface area (Å²) in [6.07, 6.45) is 8.76. The van der Waals surface area contributed by atoms with Gasteiger partial charge in [-0.15, -0.1) is 0 Å². The Kier molecular flexibility index (Phi) is 5.05. The van der Waals surface area contributed by atoms with Crippen LogP contribution in [0.2, 0.25) is 0 Å². The molecule has 122 valence electrons. The van der Waals surface area contributed by atoms with Gasteiger partial charge in [-0.1, -0.05) is 43.2 Å². The lowest BCUT2D eigenvalue weighted by molar-refractivity contribution is -0.125. The SMILES string of the molecule is C[C@H](C(=O)N[C@H]1CCCC[C@@H]1Cc1ccccc1)n1cncn1. The van der Waals surface area contributed by atoms with Gasteiger partial charge in [-0.3, -0.25) is 4.79 Å². The van der Waals surface area contributed by atoms with Gasteiger partial charge in [0.2, 0.25) is 5.91 Å². The lowest BCUT2D eigenvalue weighted by Gasteiger charge is -2.33. The van der Waals surface area contributed by atoms with E-state index in [-0.39, 0.29) is 18.0 Å². The van der Waals surface area contributed by atoms with Crippen molar-refractivity contribution in [3.05, 3.63) is 48.5 Å². The average molecular weight is 312 g/mol. The van der Waals surface area contributed by atoms with Crippen molar-refractivity contribution >= 4 is 5.91 Å². The summed E-state index contributed by atoms with van der Waals surface area (Å²) in [6, 6.07) is 10.5. The monoisotopic (exact) mass is 312 g/mol. The van der Waals surface area contributed by atoms with Crippen molar-refractivity contribution in [2.45, 2.75) is 51.1 Å². The number of carbonyl (C=O) groups excluding carboxylic acids is 1. The summed E-state index contributed by atoms with van der Waals surface area (Å²) < 4.78 is 1.60. The Morgan fingerprint density at radius 2 is 2.09 bits per heavy atom. The van der Waals surface area contributed by atoms with E-state index in [0.717, 1.165) is 12.8 Å². The summed E-state index contributed by atoms with van der Waals surface area (Å²) in [6.45, 7) is 1.86. The predicted molar refractivity (Wildman–Crippen MR) is 88.8 cm³/mol. The van der Waals surface area contributed by atoms with Gasteiger partial charge in [0.15, 0.2) is 0 Å². The molecule has 23 heavy (non-hydrogen) atoms. The van der Waals surface area contributed by atoms with Gasteiger partial charge >= 0.3 is 0 Å². The van der Waals surface area contributed by atoms with Gasteiger partial charge in [-0.2, -0.15) is 5.10 Å². The second-order valence-electron chi connectivity index (χ2n) is 6.40. The van der Waals surface area contributed by atoms with Gasteiger partial charge in [0.05, 0.1) is 0 Å². The molecule has 3 atom stereocenters. The lowest BCUT2D eigenvalue weighted by atomic mass is 9.80. The van der Waals surface area contributed by atoms with Crippen LogP contribution in [0.25, 0.3) is 0 Å². The predicted octanol–water partition coefficient (Wildman–Crippen LogP) is 2.76. The van der Waals surface area contributed by atoms with Gasteiger partial charge in [-0.05, 0) is 37.7 Å². The molecule has 0 unspecified atom stereocenters. The number of hydrogen-bond donors (Lipinski definition) is 1. The van der Waals surface area contributed by atoms with Gasteiger partial charge in [0, 0.05) is 6.04 Å². The van der Waals surface area contributed by atoms with Crippen molar-refractivity contribution in [2.75, 3.05) is 0 Å². The summed E-state index contributed by atoms with van der Waals surface area (Å²) >= 11 is 0. The van der Waals surface area contributed by atoms with E-state index in [4.69, 9.17) is 0 Å². The van der Waals surface area contributed by atoms with Crippen LogP contribution in [-0.4, -0.2) is 26.7 Å². The molecule has 2 aromatic rings. The third kappa shape index (κ3) is 3.97. The number of nitrogens with zero attached hydrogens (tertiary/aromatic N) is 3. The first kappa shape index (κ1) is 15.7. The van der Waals surface area contributed by atoms with Crippen LogP contribution >= 0.6 is 0 Å². The number of amides is 1. The Morgan fingerprint density at radius 3 is 2.83 bits per heavy atom. The Labute approximate surface area is 137 Å². The van der Waals surface area contributed by atoms with Gasteiger partial charge in [-0.25, -0.2) is 9.67 Å². The van der Waals surface area contributed by atoms with Gasteiger partial charge < -0.3 is 5.32 Å². The molecule has 5 nitrogen and oxygen atoms in total. The van der Waals surface area contributed by atoms with Crippen LogP contribution in [-0.2, 0) is 11.2 Å². The topological polar surface area (TPSA) is 59.8 Å². The molecule has 1 aromatic carbocycles. The quantitative estimate of drug-likeness (QED) is 0.923. The Hall–Kier alpha value is -2.17. The van der Waals surface area contributed by atoms with E-state index in [1.54, 1.807) is 11.0 Å². The van der Waals surface area contributed by atoms with E-state index in [1.807, 2.05) is 13.0 Å². The molecule has 3 rings (SSSR count). The first-order valence-corrected chi connectivity index (χ1v) is 8.42. The molecule has 5 heteroatoms. The molecule has 0 aliphatic heterocycles. The molecule has 1 amide bonds. The smallest absolute Gasteiger partial charge is 0.244 e. The number of benzene rings is 1. The minimum atomic E-state index is -0.322. The highest BCUT2D eigenvalue weighted by atomic mass is 16.2. The third-order valence-corrected chi connectivity index (χ3v) is 4.79. The van der Waals surface area contributed by atoms with Crippen LogP contribution < -0.4 is 5.32 Å². The molecule has 1 fully saturated rings. The molecule has 1 heterocycles. The summed E-state index contributed by atoms with van der Waals surface area (Å²) in [5, 5.41) is 7.31. The second kappa shape index (κ2) is 7.40. The molecule has 0 spiro atoms. The van der Waals surface area contributed by atoms with E-state index in [9.17, 15) is 4.79 Å². The van der Waals surface area contributed by atoms with E-state index in [1.165, 1.54) is 31.2 Å². The highest BCUT2D eigenvalue weighted by Gasteiger charge is 2.28. The highest BCUT2D eigenvalue weighted by molar-refractivity contribution is 5.80. The van der Waals surface area contributed by atoms with Crippen molar-refractivity contribution in [3.63, 3.8) is 0 Å². The fraction of sp³-hybridized carbons (Fsp3) is 0.500. The molecular weight excluding hydrogens is 288 g/mol. The zero-order chi connectivity index (χ0) is 16.1. The van der Waals surface area contributed by atoms with Crippen molar-refractivity contribution in [2.24, 2.45) is 5.92 Å². The minimum Gasteiger partial charge on any atom is -0.351 e. The maximum atomic E-state index is 12.5. The standard InChI is InChI=1S/C18H24N4O/c1-14(22-13-19-12-20-22)18(23)21-17-10-6-5-9-16(17)11-15-7-3-2-4-8-15/h2-4,7-8,12-14,16-17H,5-6,9-11H2,1H3,(H,21,23)/t14-,16-,17+/m1/s1. The Balaban J connectivity index is 1.63. The number of rotatable bonds is 5. The molecule has 1 aromatic heterocycles. The molecule has 1 N–H and O–H groups in total. The van der Waals surface area contributed by atoms with Crippen LogP contribution in [0.5, 0.6) is 0 Å². The Morgan fingerprint density at radius 1 is 1.30 bits per heavy atom. The molecule has 0 radical (unpaired) electrons. The van der Waals surface area contributed by atoms with Crippen molar-refractivity contribution in [1.82, 2.24) is 20.1 Å². The fourth-order valence-electron chi connectivity index (χ4n) is 3.40. The number of hydrogen-bond acceptors (Lipinski definition) is 3. The maximum Gasteiger partial charge on any atom is 0.244 e. The normalized spacial score (nSPS) is 22.5. The van der Waals surface area contributed by atoms with E-state index in [0.29, 0.717) is 5.92 Å². The van der Waals surface area contributed by atoms with Crippen molar-refractivity contribution in [3.8, 4) is 0 Å². The number of carbonyl (C=O) groups is 1. The van der Waals surface area contributed by atoms with E-state index in [2.05, 4.69) is 39.7 Å². The Bertz CT molecular complexity index is 611. The van der Waals surface area contributed by atoms with Crippen LogP contribution in [0.3, 0.4) is 0 Å². The van der Waals surface area contributed by atoms with Gasteiger partial charge in [0.1, 0.15) is 18.7 Å². The van der Waals surface area contributed by atoms with Crippen molar-refractivity contribution < 1.29 is 4.79 Å². The average Bonchev–Trinajstić information content (AvgIpc) is 3.11. The zero-order valence-electron chi connectivity index (χ0n) is 13.6. The molecule has 0 bridgehead atoms. The van der Waals surface area contributed by atoms with E-state index >= 15 is 0 Å². The van der Waals surface area contributed by atoms with Crippen LogP contribution in [0.1, 0.15) is 44.2 Å². The summed E-state index contributed by atoms with van der Waals surface area (Å²) in [5.74, 6) is 0.540. The molecule has 0 saturated heterocycles. The highest BCUT2D eigenvalue weighted by Crippen LogP contribution is 2.28. The minimum absolute atomic E-state index is 0.0282. The molecular formula is C18H24N4O. The van der Waals surface area contributed by atoms with E-state index < -0.39 is 0 Å². The maximum absolute atomic E-state index is 12.5. The van der Waals surface area contributed by atoms with Crippen LogP contribution in [0, 0.1) is 5.92 Å². The van der Waals surface area contributed by atoms with Crippen molar-refractivity contribution in [1.29, 1.82) is 0 Å². The number of aromatic nitrogens is 3. The summed E-state index contributed by atoms with van der Waals surface area (Å²) in [7, 11) is 0. The molecule has 1 aliphatic carbocycles. The zero-order valence-corrected chi connectivity index (χ0v) is 13.6. The van der Waals surface area contributed by atoms with Crippen LogP contribution in [0.15, 0.2) is 43.0 Å². The third-order valence-electron chi connectivity index (χ3n) is 4.79. The second-order valence-corrected chi connectivity index (χ2v) is 6.40. The summed E-state index contributed by atoms with van der Waals surface area (Å²) in [4.78, 5) is 16.4. The fourth-order valence-corrected chi connectivity index (χ4v) is 3.40. The molecule has 1 aliphatic rings. The summed E-state index contributed by atoms with van der Waals surface area (Å²) in [5.41, 5.74) is 1.35. The largest absolute Gasteiger partial charge is 0.351 e. The van der Waals surface area contributed by atoms with Gasteiger partial charge in [0.25, 0.3) is 0 Å². The first-order chi connectivity index (χ1) is 11.2. The molecule has 1 saturated carbocycles. The number of nitrogens with one attached hydrogen (secondary N) is 1. The first-order valence-electron chi connectivity index (χ1n) is 8.42. The lowest BCUT2D eigenvalue weighted by Crippen LogP contribution is -2.45.